The normalized spacial score (nSPS) is 25.4. The molecule has 1 rings (SSSR count). The summed E-state index contributed by atoms with van der Waals surface area (Å²) in [7, 11) is -2.47. The molecule has 0 spiro atoms. The van der Waals surface area contributed by atoms with Crippen LogP contribution in [0.25, 0.3) is 0 Å². The van der Waals surface area contributed by atoms with Crippen LogP contribution in [0.5, 0.6) is 0 Å². The smallest absolute Gasteiger partial charge is 0.218 e. The van der Waals surface area contributed by atoms with Crippen molar-refractivity contribution in [1.82, 2.24) is 9.62 Å². The third-order valence-corrected chi connectivity index (χ3v) is 7.49. The summed E-state index contributed by atoms with van der Waals surface area (Å²) in [6.45, 7) is 8.12. The minimum absolute atomic E-state index is 0.00731. The Labute approximate surface area is 113 Å². The predicted octanol–water partition coefficient (Wildman–Crippen LogP) is 0.229. The Kier molecular flexibility index (Phi) is 6.48. The van der Waals surface area contributed by atoms with Crippen molar-refractivity contribution in [2.45, 2.75) is 32.9 Å². The summed E-state index contributed by atoms with van der Waals surface area (Å²) < 4.78 is 25.5. The van der Waals surface area contributed by atoms with E-state index in [4.69, 9.17) is 5.73 Å². The Morgan fingerprint density at radius 1 is 1.39 bits per heavy atom. The Bertz CT molecular complexity index is 348. The number of hydrogen-bond donors (Lipinski definition) is 2. The van der Waals surface area contributed by atoms with Gasteiger partial charge in [-0.3, -0.25) is 0 Å². The van der Waals surface area contributed by atoms with E-state index in [1.165, 1.54) is 0 Å². The highest BCUT2D eigenvalue weighted by atomic mass is 32.2. The molecular weight excluding hydrogens is 269 g/mol. The van der Waals surface area contributed by atoms with E-state index >= 15 is 0 Å². The molecule has 0 saturated carbocycles. The quantitative estimate of drug-likeness (QED) is 0.688. The molecule has 1 aliphatic rings. The monoisotopic (exact) mass is 295 g/mol. The van der Waals surface area contributed by atoms with Crippen LogP contribution in [0.2, 0.25) is 0 Å². The van der Waals surface area contributed by atoms with Crippen molar-refractivity contribution in [1.29, 1.82) is 0 Å². The molecule has 0 radical (unpaired) electrons. The predicted molar refractivity (Wildman–Crippen MR) is 78.8 cm³/mol. The lowest BCUT2D eigenvalue weighted by molar-refractivity contribution is 0.309. The molecule has 1 heterocycles. The molecule has 0 aromatic carbocycles. The molecule has 1 fully saturated rings. The van der Waals surface area contributed by atoms with Gasteiger partial charge < -0.3 is 11.1 Å². The van der Waals surface area contributed by atoms with Crippen LogP contribution in [0.4, 0.5) is 0 Å². The van der Waals surface area contributed by atoms with Crippen LogP contribution in [0, 0.1) is 5.92 Å². The van der Waals surface area contributed by atoms with Gasteiger partial charge in [-0.2, -0.15) is 4.31 Å². The number of rotatable bonds is 6. The Hall–Kier alpha value is 0.260. The average molecular weight is 295 g/mol. The van der Waals surface area contributed by atoms with E-state index in [9.17, 15) is 8.42 Å². The summed E-state index contributed by atoms with van der Waals surface area (Å²) in [5, 5.41) is 3.37. The summed E-state index contributed by atoms with van der Waals surface area (Å²) in [6, 6.07) is 0.259. The molecule has 0 aliphatic carbocycles. The first-order valence-electron chi connectivity index (χ1n) is 6.52. The zero-order chi connectivity index (χ0) is 13.8. The van der Waals surface area contributed by atoms with Crippen LogP contribution < -0.4 is 11.1 Å². The Morgan fingerprint density at radius 2 is 2.06 bits per heavy atom. The first kappa shape index (κ1) is 16.3. The highest BCUT2D eigenvalue weighted by molar-refractivity contribution is 7.94. The van der Waals surface area contributed by atoms with Crippen LogP contribution in [0.3, 0.4) is 0 Å². The lowest BCUT2D eigenvalue weighted by Crippen LogP contribution is -2.51. The van der Waals surface area contributed by atoms with Crippen molar-refractivity contribution in [3.8, 4) is 0 Å². The fourth-order valence-corrected chi connectivity index (χ4v) is 5.95. The molecule has 18 heavy (non-hydrogen) atoms. The molecule has 1 saturated heterocycles. The molecule has 0 aromatic heterocycles. The highest BCUT2D eigenvalue weighted by Gasteiger charge is 2.30. The number of nitrogens with zero attached hydrogens (tertiary/aromatic N) is 1. The third-order valence-electron chi connectivity index (χ3n) is 3.38. The fourth-order valence-electron chi connectivity index (χ4n) is 2.12. The van der Waals surface area contributed by atoms with E-state index in [-0.39, 0.29) is 12.1 Å². The highest BCUT2D eigenvalue weighted by Crippen LogP contribution is 2.24. The summed E-state index contributed by atoms with van der Waals surface area (Å²) in [5.41, 5.74) is 6.02. The maximum Gasteiger partial charge on any atom is 0.218 e. The topological polar surface area (TPSA) is 75.4 Å². The van der Waals surface area contributed by atoms with Gasteiger partial charge in [0.25, 0.3) is 0 Å². The lowest BCUT2D eigenvalue weighted by Gasteiger charge is -2.33. The molecule has 3 unspecified atom stereocenters. The van der Waals surface area contributed by atoms with Crippen LogP contribution >= 0.6 is 8.58 Å². The minimum Gasteiger partial charge on any atom is -0.329 e. The number of hydrogen-bond acceptors (Lipinski definition) is 4. The zero-order valence-corrected chi connectivity index (χ0v) is 13.3. The second kappa shape index (κ2) is 7.15. The van der Waals surface area contributed by atoms with Gasteiger partial charge in [0.05, 0.1) is 5.49 Å². The fraction of sp³-hybridized carbons (Fsp3) is 1.00. The maximum absolute atomic E-state index is 12.0. The van der Waals surface area contributed by atoms with Crippen LogP contribution in [0.15, 0.2) is 0 Å². The molecular formula is C11H26N3O2PS. The second-order valence-corrected chi connectivity index (χ2v) is 9.00. The second-order valence-electron chi connectivity index (χ2n) is 5.21. The van der Waals surface area contributed by atoms with Gasteiger partial charge in [-0.1, -0.05) is 13.8 Å². The molecule has 108 valence electrons. The molecule has 1 aliphatic heterocycles. The van der Waals surface area contributed by atoms with Gasteiger partial charge in [-0.25, -0.2) is 8.42 Å². The Morgan fingerprint density at radius 3 is 2.56 bits per heavy atom. The van der Waals surface area contributed by atoms with Gasteiger partial charge in [-0.05, 0) is 19.0 Å². The van der Waals surface area contributed by atoms with Gasteiger partial charge >= 0.3 is 0 Å². The summed E-state index contributed by atoms with van der Waals surface area (Å²) in [6.07, 6.45) is 0.994. The maximum atomic E-state index is 12.0. The van der Waals surface area contributed by atoms with Gasteiger partial charge in [0.15, 0.2) is 0 Å². The third kappa shape index (κ3) is 4.42. The van der Waals surface area contributed by atoms with Gasteiger partial charge in [-0.15, -0.1) is 8.58 Å². The zero-order valence-electron chi connectivity index (χ0n) is 11.5. The van der Waals surface area contributed by atoms with Crippen LogP contribution in [0.1, 0.15) is 20.8 Å². The molecule has 0 bridgehead atoms. The van der Waals surface area contributed by atoms with Crippen LogP contribution in [-0.4, -0.2) is 56.1 Å². The lowest BCUT2D eigenvalue weighted by atomic mass is 10.0. The summed E-state index contributed by atoms with van der Waals surface area (Å²) in [5.74, 6) is 0.460. The van der Waals surface area contributed by atoms with E-state index in [0.717, 1.165) is 6.16 Å². The number of nitrogens with one attached hydrogen (secondary N) is 1. The van der Waals surface area contributed by atoms with Crippen molar-refractivity contribution in [2.24, 2.45) is 11.7 Å². The first-order valence-corrected chi connectivity index (χ1v) is 9.54. The standard InChI is InChI=1S/C11H26N3O2PS/c1-9(2)11(6-12)13-7-10(3)14-4-5-17-8-18(14,15)16/h9-11,13,17H,4-8,12H2,1-3H3. The van der Waals surface area contributed by atoms with Crippen LogP contribution in [-0.2, 0) is 10.0 Å². The molecule has 0 aromatic rings. The summed E-state index contributed by atoms with van der Waals surface area (Å²) in [4.78, 5) is 0. The van der Waals surface area contributed by atoms with E-state index in [2.05, 4.69) is 19.2 Å². The minimum atomic E-state index is -3.02. The van der Waals surface area contributed by atoms with E-state index < -0.39 is 10.0 Å². The average Bonchev–Trinajstić information content (AvgIpc) is 2.28. The van der Waals surface area contributed by atoms with E-state index in [1.807, 2.05) is 6.92 Å². The molecule has 7 heteroatoms. The number of nitrogens with two attached hydrogens (primary N) is 1. The molecule has 3 atom stereocenters. The van der Waals surface area contributed by atoms with Gasteiger partial charge in [0, 0.05) is 31.7 Å². The van der Waals surface area contributed by atoms with Crippen molar-refractivity contribution in [3.05, 3.63) is 0 Å². The SMILES string of the molecule is CC(C)C(CN)NCC(C)N1CCPCS1(=O)=O. The van der Waals surface area contributed by atoms with Gasteiger partial charge in [0.1, 0.15) is 0 Å². The number of sulfonamides is 1. The molecule has 5 nitrogen and oxygen atoms in total. The van der Waals surface area contributed by atoms with Crippen molar-refractivity contribution in [3.63, 3.8) is 0 Å². The van der Waals surface area contributed by atoms with Crippen molar-refractivity contribution in [2.75, 3.05) is 31.3 Å². The van der Waals surface area contributed by atoms with Gasteiger partial charge in [0.2, 0.25) is 10.0 Å². The van der Waals surface area contributed by atoms with E-state index in [0.29, 0.717) is 39.6 Å². The Balaban J connectivity index is 2.51. The van der Waals surface area contributed by atoms with Crippen molar-refractivity contribution < 1.29 is 8.42 Å². The van der Waals surface area contributed by atoms with E-state index in [1.54, 1.807) is 4.31 Å². The van der Waals surface area contributed by atoms with Crippen molar-refractivity contribution >= 4 is 18.6 Å². The first-order chi connectivity index (χ1) is 8.38. The largest absolute Gasteiger partial charge is 0.329 e. The molecule has 0 amide bonds. The summed E-state index contributed by atoms with van der Waals surface area (Å²) >= 11 is 0. The molecule has 3 N–H and O–H groups in total.